The van der Waals surface area contributed by atoms with Crippen LogP contribution < -0.4 is 10.6 Å². The molecule has 7 heteroatoms. The maximum absolute atomic E-state index is 11.6. The third-order valence-corrected chi connectivity index (χ3v) is 3.23. The van der Waals surface area contributed by atoms with Gasteiger partial charge >= 0.3 is 0 Å². The molecule has 0 aromatic rings. The van der Waals surface area contributed by atoms with Crippen LogP contribution in [-0.4, -0.2) is 37.7 Å². The first-order valence-corrected chi connectivity index (χ1v) is 6.73. The number of hydrogen-bond donors (Lipinski definition) is 2. The van der Waals surface area contributed by atoms with Gasteiger partial charge in [0.2, 0.25) is 11.6 Å². The van der Waals surface area contributed by atoms with Crippen LogP contribution in [0.1, 0.15) is 32.1 Å². The van der Waals surface area contributed by atoms with Gasteiger partial charge < -0.3 is 15.5 Å². The van der Waals surface area contributed by atoms with Gasteiger partial charge in [-0.25, -0.2) is 0 Å². The smallest absolute Gasteiger partial charge is 0.284 e. The predicted molar refractivity (Wildman–Crippen MR) is 72.7 cm³/mol. The molecule has 0 aliphatic heterocycles. The zero-order valence-corrected chi connectivity index (χ0v) is 11.6. The molecule has 110 valence electrons. The van der Waals surface area contributed by atoms with Crippen LogP contribution >= 0.6 is 0 Å². The number of nitriles is 1. The van der Waals surface area contributed by atoms with Gasteiger partial charge in [-0.3, -0.25) is 9.59 Å². The second-order valence-electron chi connectivity index (χ2n) is 4.73. The zero-order chi connectivity index (χ0) is 14.8. The summed E-state index contributed by atoms with van der Waals surface area (Å²) < 4.78 is 0. The van der Waals surface area contributed by atoms with Crippen molar-refractivity contribution in [3.8, 4) is 6.07 Å². The van der Waals surface area contributed by atoms with Gasteiger partial charge in [0.25, 0.3) is 5.91 Å². The predicted octanol–water partition coefficient (Wildman–Crippen LogP) is 0.325. The normalized spacial score (nSPS) is 16.1. The van der Waals surface area contributed by atoms with Gasteiger partial charge in [-0.2, -0.15) is 5.26 Å². The van der Waals surface area contributed by atoms with E-state index in [1.807, 2.05) is 0 Å². The van der Waals surface area contributed by atoms with Crippen molar-refractivity contribution in [2.75, 3.05) is 20.2 Å². The third kappa shape index (κ3) is 5.69. The van der Waals surface area contributed by atoms with Gasteiger partial charge in [0.05, 0.1) is 6.54 Å². The summed E-state index contributed by atoms with van der Waals surface area (Å²) in [5.41, 5.74) is -0.410. The van der Waals surface area contributed by atoms with Crippen LogP contribution in [0.3, 0.4) is 0 Å². The lowest BCUT2D eigenvalue weighted by molar-refractivity contribution is -0.123. The number of amides is 2. The molecule has 0 spiro atoms. The van der Waals surface area contributed by atoms with Crippen molar-refractivity contribution in [2.24, 2.45) is 11.1 Å². The van der Waals surface area contributed by atoms with Crippen molar-refractivity contribution in [1.29, 1.82) is 5.26 Å². The first kappa shape index (κ1) is 16.0. The Morgan fingerprint density at radius 1 is 1.30 bits per heavy atom. The second-order valence-corrected chi connectivity index (χ2v) is 4.73. The van der Waals surface area contributed by atoms with Crippen LogP contribution in [0.5, 0.6) is 0 Å². The highest BCUT2D eigenvalue weighted by Crippen LogP contribution is 2.22. The molecule has 2 amide bonds. The molecule has 0 unspecified atom stereocenters. The number of carbonyl (C=O) groups excluding carboxylic acids is 2. The van der Waals surface area contributed by atoms with Gasteiger partial charge in [0.1, 0.15) is 13.2 Å². The largest absolute Gasteiger partial charge is 0.398 e. The topological polar surface area (TPSA) is 104 Å². The standard InChI is InChI=1S/C13H20N4O3/c1-20-17-11(7-14)13(19)16-9-12(18)15-8-10-5-3-2-4-6-10/h10H,2-6,8-9H2,1H3,(H,15,18)(H,16,19). The molecule has 0 bridgehead atoms. The lowest BCUT2D eigenvalue weighted by Crippen LogP contribution is -2.41. The highest BCUT2D eigenvalue weighted by molar-refractivity contribution is 6.45. The van der Waals surface area contributed by atoms with Crippen LogP contribution in [0.2, 0.25) is 0 Å². The fraction of sp³-hybridized carbons (Fsp3) is 0.692. The number of hydrogen-bond acceptors (Lipinski definition) is 5. The molecule has 1 fully saturated rings. The maximum Gasteiger partial charge on any atom is 0.284 e. The third-order valence-electron chi connectivity index (χ3n) is 3.23. The van der Waals surface area contributed by atoms with E-state index < -0.39 is 11.6 Å². The van der Waals surface area contributed by atoms with Crippen LogP contribution in [0, 0.1) is 17.2 Å². The Kier molecular flexibility index (Phi) is 7.11. The monoisotopic (exact) mass is 280 g/mol. The molecular weight excluding hydrogens is 260 g/mol. The number of nitrogens with one attached hydrogen (secondary N) is 2. The molecule has 1 aliphatic rings. The molecule has 0 aromatic carbocycles. The molecule has 7 nitrogen and oxygen atoms in total. The lowest BCUT2D eigenvalue weighted by atomic mass is 9.89. The zero-order valence-electron chi connectivity index (χ0n) is 11.6. The van der Waals surface area contributed by atoms with Gasteiger partial charge in [-0.1, -0.05) is 24.4 Å². The van der Waals surface area contributed by atoms with Crippen LogP contribution in [0.4, 0.5) is 0 Å². The summed E-state index contributed by atoms with van der Waals surface area (Å²) in [6, 6.07) is 1.59. The molecule has 1 rings (SSSR count). The molecule has 1 saturated carbocycles. The average molecular weight is 280 g/mol. The minimum absolute atomic E-state index is 0.171. The second kappa shape index (κ2) is 8.91. The van der Waals surface area contributed by atoms with E-state index in [1.165, 1.54) is 26.4 Å². The summed E-state index contributed by atoms with van der Waals surface area (Å²) in [6.45, 7) is 0.474. The molecule has 0 radical (unpaired) electrons. The molecular formula is C13H20N4O3. The van der Waals surface area contributed by atoms with Crippen molar-refractivity contribution >= 4 is 17.5 Å². The van der Waals surface area contributed by atoms with Crippen LogP contribution in [0.15, 0.2) is 5.16 Å². The van der Waals surface area contributed by atoms with Crippen molar-refractivity contribution in [3.63, 3.8) is 0 Å². The fourth-order valence-corrected chi connectivity index (χ4v) is 2.16. The van der Waals surface area contributed by atoms with Gasteiger partial charge in [0.15, 0.2) is 0 Å². The summed E-state index contributed by atoms with van der Waals surface area (Å²) >= 11 is 0. The molecule has 0 atom stereocenters. The van der Waals surface area contributed by atoms with E-state index in [4.69, 9.17) is 5.26 Å². The van der Waals surface area contributed by atoms with E-state index in [1.54, 1.807) is 6.07 Å². The summed E-state index contributed by atoms with van der Waals surface area (Å²) in [7, 11) is 1.24. The van der Waals surface area contributed by atoms with E-state index in [2.05, 4.69) is 20.6 Å². The van der Waals surface area contributed by atoms with Gasteiger partial charge in [-0.15, -0.1) is 0 Å². The highest BCUT2D eigenvalue weighted by Gasteiger charge is 2.16. The minimum Gasteiger partial charge on any atom is -0.398 e. The Bertz CT molecular complexity index is 408. The quantitative estimate of drug-likeness (QED) is 0.540. The Labute approximate surface area is 118 Å². The summed E-state index contributed by atoms with van der Waals surface area (Å²) in [4.78, 5) is 27.4. The first-order valence-electron chi connectivity index (χ1n) is 6.73. The maximum atomic E-state index is 11.6. The highest BCUT2D eigenvalue weighted by atomic mass is 16.6. The van der Waals surface area contributed by atoms with Crippen molar-refractivity contribution in [2.45, 2.75) is 32.1 Å². The van der Waals surface area contributed by atoms with Crippen molar-refractivity contribution in [1.82, 2.24) is 10.6 Å². The number of rotatable bonds is 6. The number of nitrogens with zero attached hydrogens (tertiary/aromatic N) is 2. The molecule has 0 saturated heterocycles. The summed E-state index contributed by atoms with van der Waals surface area (Å²) in [6.07, 6.45) is 6.00. The van der Waals surface area contributed by atoms with E-state index in [-0.39, 0.29) is 12.5 Å². The molecule has 20 heavy (non-hydrogen) atoms. The van der Waals surface area contributed by atoms with Crippen molar-refractivity contribution < 1.29 is 14.4 Å². The Morgan fingerprint density at radius 3 is 2.60 bits per heavy atom. The Balaban J connectivity index is 2.24. The van der Waals surface area contributed by atoms with Gasteiger partial charge in [-0.05, 0) is 18.8 Å². The Morgan fingerprint density at radius 2 is 2.00 bits per heavy atom. The van der Waals surface area contributed by atoms with E-state index in [0.717, 1.165) is 12.8 Å². The summed E-state index contributed by atoms with van der Waals surface area (Å²) in [5, 5.41) is 17.0. The average Bonchev–Trinajstić information content (AvgIpc) is 2.49. The van der Waals surface area contributed by atoms with Crippen LogP contribution in [-0.2, 0) is 14.4 Å². The minimum atomic E-state index is -0.720. The summed E-state index contributed by atoms with van der Waals surface area (Å²) in [5.74, 6) is -0.450. The molecule has 0 aromatic heterocycles. The number of oxime groups is 1. The van der Waals surface area contributed by atoms with E-state index in [9.17, 15) is 9.59 Å². The SMILES string of the molecule is CON=C(C#N)C(=O)NCC(=O)NCC1CCCCC1. The lowest BCUT2D eigenvalue weighted by Gasteiger charge is -2.21. The molecule has 2 N–H and O–H groups in total. The van der Waals surface area contributed by atoms with Crippen molar-refractivity contribution in [3.05, 3.63) is 0 Å². The fourth-order valence-electron chi connectivity index (χ4n) is 2.16. The molecule has 0 heterocycles. The first-order chi connectivity index (χ1) is 9.67. The van der Waals surface area contributed by atoms with E-state index in [0.29, 0.717) is 12.5 Å². The van der Waals surface area contributed by atoms with Gasteiger partial charge in [0, 0.05) is 6.54 Å². The Hall–Kier alpha value is -2.10. The van der Waals surface area contributed by atoms with E-state index >= 15 is 0 Å². The number of carbonyl (C=O) groups is 2. The molecule has 1 aliphatic carbocycles. The van der Waals surface area contributed by atoms with Crippen LogP contribution in [0.25, 0.3) is 0 Å².